The zero-order valence-corrected chi connectivity index (χ0v) is 13.4. The minimum absolute atomic E-state index is 0.0741. The number of hydrogen-bond donors (Lipinski definition) is 1. The van der Waals surface area contributed by atoms with E-state index >= 15 is 0 Å². The number of amides is 1. The van der Waals surface area contributed by atoms with Crippen LogP contribution >= 0.6 is 0 Å². The predicted molar refractivity (Wildman–Crippen MR) is 79.6 cm³/mol. The molecule has 24 heavy (non-hydrogen) atoms. The highest BCUT2D eigenvalue weighted by atomic mass is 19.4. The maximum Gasteiger partial charge on any atom is 0.434 e. The highest BCUT2D eigenvalue weighted by Gasteiger charge is 2.35. The van der Waals surface area contributed by atoms with Crippen LogP contribution in [0.2, 0.25) is 0 Å². The summed E-state index contributed by atoms with van der Waals surface area (Å²) < 4.78 is 45.0. The number of furan rings is 1. The smallest absolute Gasteiger partial charge is 0.434 e. The molecule has 0 bridgehead atoms. The summed E-state index contributed by atoms with van der Waals surface area (Å²) in [5.41, 5.74) is -0.363. The third-order valence-corrected chi connectivity index (χ3v) is 4.22. The normalized spacial score (nSPS) is 17.6. The number of imidazole rings is 1. The Bertz CT molecular complexity index is 761. The number of alkyl halides is 3. The Morgan fingerprint density at radius 3 is 2.83 bits per heavy atom. The number of hydrogen-bond acceptors (Lipinski definition) is 3. The predicted octanol–water partition coefficient (Wildman–Crippen LogP) is 3.10. The van der Waals surface area contributed by atoms with E-state index in [2.05, 4.69) is 10.3 Å². The standard InChI is InChI=1S/C16H18F3N3O2/c1-9-5-12(10(2)24-9)15(23)20-6-11-3-4-14-21-13(16(17,18)19)8-22(14)7-11/h5,8,11H,3-4,6-7H2,1-2H3,(H,20,23)/t11-/m1/s1. The number of carbonyl (C=O) groups excluding carboxylic acids is 1. The summed E-state index contributed by atoms with van der Waals surface area (Å²) in [6.07, 6.45) is -2.21. The molecule has 5 nitrogen and oxygen atoms in total. The first-order valence-corrected chi connectivity index (χ1v) is 7.72. The number of aryl methyl sites for hydroxylation is 3. The van der Waals surface area contributed by atoms with Crippen molar-refractivity contribution in [3.8, 4) is 0 Å². The Hall–Kier alpha value is -2.25. The molecule has 1 N–H and O–H groups in total. The molecule has 8 heteroatoms. The lowest BCUT2D eigenvalue weighted by Crippen LogP contribution is -2.33. The monoisotopic (exact) mass is 341 g/mol. The summed E-state index contributed by atoms with van der Waals surface area (Å²) in [5, 5.41) is 2.84. The molecular formula is C16H18F3N3O2. The van der Waals surface area contributed by atoms with Crippen molar-refractivity contribution in [1.82, 2.24) is 14.9 Å². The van der Waals surface area contributed by atoms with Crippen LogP contribution < -0.4 is 5.32 Å². The van der Waals surface area contributed by atoms with Crippen LogP contribution in [-0.2, 0) is 19.1 Å². The van der Waals surface area contributed by atoms with Gasteiger partial charge in [-0.05, 0) is 32.3 Å². The average molecular weight is 341 g/mol. The van der Waals surface area contributed by atoms with Crippen LogP contribution in [0, 0.1) is 19.8 Å². The van der Waals surface area contributed by atoms with Gasteiger partial charge in [0.15, 0.2) is 5.69 Å². The van der Waals surface area contributed by atoms with Crippen LogP contribution in [0.15, 0.2) is 16.7 Å². The molecule has 2 aromatic rings. The van der Waals surface area contributed by atoms with Crippen molar-refractivity contribution < 1.29 is 22.4 Å². The van der Waals surface area contributed by atoms with E-state index in [1.165, 1.54) is 4.57 Å². The van der Waals surface area contributed by atoms with Gasteiger partial charge < -0.3 is 14.3 Å². The fourth-order valence-corrected chi connectivity index (χ4v) is 3.01. The van der Waals surface area contributed by atoms with Crippen LogP contribution in [0.4, 0.5) is 13.2 Å². The molecule has 2 aromatic heterocycles. The Balaban J connectivity index is 1.61. The van der Waals surface area contributed by atoms with E-state index in [1.54, 1.807) is 19.9 Å². The first kappa shape index (κ1) is 16.6. The highest BCUT2D eigenvalue weighted by Crippen LogP contribution is 2.30. The van der Waals surface area contributed by atoms with Crippen molar-refractivity contribution in [3.05, 3.63) is 40.9 Å². The molecule has 0 saturated heterocycles. The van der Waals surface area contributed by atoms with E-state index in [9.17, 15) is 18.0 Å². The summed E-state index contributed by atoms with van der Waals surface area (Å²) in [6, 6.07) is 1.68. The number of carbonyl (C=O) groups is 1. The number of nitrogens with one attached hydrogen (secondary N) is 1. The first-order chi connectivity index (χ1) is 11.2. The number of aromatic nitrogens is 2. The van der Waals surface area contributed by atoms with E-state index in [0.717, 1.165) is 6.20 Å². The van der Waals surface area contributed by atoms with Gasteiger partial charge in [-0.3, -0.25) is 4.79 Å². The first-order valence-electron chi connectivity index (χ1n) is 7.72. The van der Waals surface area contributed by atoms with Crippen molar-refractivity contribution in [2.24, 2.45) is 5.92 Å². The Morgan fingerprint density at radius 1 is 1.46 bits per heavy atom. The maximum atomic E-state index is 12.7. The Labute approximate surface area is 136 Å². The molecule has 0 aliphatic carbocycles. The van der Waals surface area contributed by atoms with Crippen molar-refractivity contribution >= 4 is 5.91 Å². The molecule has 0 saturated carbocycles. The van der Waals surface area contributed by atoms with Gasteiger partial charge in [-0.25, -0.2) is 4.98 Å². The van der Waals surface area contributed by atoms with Crippen molar-refractivity contribution in [2.45, 2.75) is 39.4 Å². The lowest BCUT2D eigenvalue weighted by atomic mass is 9.99. The summed E-state index contributed by atoms with van der Waals surface area (Å²) >= 11 is 0. The van der Waals surface area contributed by atoms with Gasteiger partial charge >= 0.3 is 6.18 Å². The number of fused-ring (bicyclic) bond motifs is 1. The molecule has 0 radical (unpaired) electrons. The number of halogens is 3. The van der Waals surface area contributed by atoms with Crippen LogP contribution in [0.5, 0.6) is 0 Å². The lowest BCUT2D eigenvalue weighted by molar-refractivity contribution is -0.141. The fourth-order valence-electron chi connectivity index (χ4n) is 3.01. The average Bonchev–Trinajstić information content (AvgIpc) is 3.06. The second kappa shape index (κ2) is 5.99. The quantitative estimate of drug-likeness (QED) is 0.933. The molecule has 3 heterocycles. The van der Waals surface area contributed by atoms with Crippen LogP contribution in [0.3, 0.4) is 0 Å². The van der Waals surface area contributed by atoms with Gasteiger partial charge in [0.2, 0.25) is 0 Å². The largest absolute Gasteiger partial charge is 0.466 e. The molecule has 1 atom stereocenters. The summed E-state index contributed by atoms with van der Waals surface area (Å²) in [6.45, 7) is 4.31. The summed E-state index contributed by atoms with van der Waals surface area (Å²) in [4.78, 5) is 15.8. The molecule has 1 aliphatic heterocycles. The molecule has 1 aliphatic rings. The zero-order valence-electron chi connectivity index (χ0n) is 13.4. The molecule has 0 spiro atoms. The summed E-state index contributed by atoms with van der Waals surface area (Å²) in [7, 11) is 0. The molecule has 130 valence electrons. The van der Waals surface area contributed by atoms with Crippen molar-refractivity contribution in [3.63, 3.8) is 0 Å². The Kier molecular flexibility index (Phi) is 4.15. The van der Waals surface area contributed by atoms with E-state index in [-0.39, 0.29) is 11.8 Å². The topological polar surface area (TPSA) is 60.1 Å². The fraction of sp³-hybridized carbons (Fsp3) is 0.500. The van der Waals surface area contributed by atoms with Crippen molar-refractivity contribution in [2.75, 3.05) is 6.54 Å². The molecule has 0 aromatic carbocycles. The van der Waals surface area contributed by atoms with E-state index in [0.29, 0.717) is 48.8 Å². The van der Waals surface area contributed by atoms with E-state index in [1.807, 2.05) is 0 Å². The molecule has 0 fully saturated rings. The van der Waals surface area contributed by atoms with Gasteiger partial charge in [-0.15, -0.1) is 0 Å². The third kappa shape index (κ3) is 3.32. The van der Waals surface area contributed by atoms with Gasteiger partial charge in [0.1, 0.15) is 17.3 Å². The second-order valence-corrected chi connectivity index (χ2v) is 6.13. The summed E-state index contributed by atoms with van der Waals surface area (Å²) in [5.74, 6) is 1.52. The van der Waals surface area contributed by atoms with E-state index < -0.39 is 11.9 Å². The SMILES string of the molecule is Cc1cc(C(=O)NC[C@H]2CCc3nc(C(F)(F)F)cn3C2)c(C)o1. The van der Waals surface area contributed by atoms with Gasteiger partial charge in [0.25, 0.3) is 5.91 Å². The van der Waals surface area contributed by atoms with Gasteiger partial charge in [0.05, 0.1) is 5.56 Å². The Morgan fingerprint density at radius 2 is 2.21 bits per heavy atom. The molecule has 3 rings (SSSR count). The third-order valence-electron chi connectivity index (χ3n) is 4.22. The number of nitrogens with zero attached hydrogens (tertiary/aromatic N) is 2. The zero-order chi connectivity index (χ0) is 17.5. The minimum Gasteiger partial charge on any atom is -0.466 e. The number of rotatable bonds is 3. The maximum absolute atomic E-state index is 12.7. The highest BCUT2D eigenvalue weighted by molar-refractivity contribution is 5.95. The van der Waals surface area contributed by atoms with Crippen LogP contribution in [0.1, 0.15) is 39.8 Å². The molecule has 0 unspecified atom stereocenters. The second-order valence-electron chi connectivity index (χ2n) is 6.13. The van der Waals surface area contributed by atoms with Crippen LogP contribution in [0.25, 0.3) is 0 Å². The molecular weight excluding hydrogens is 323 g/mol. The lowest BCUT2D eigenvalue weighted by Gasteiger charge is -2.23. The van der Waals surface area contributed by atoms with Crippen LogP contribution in [-0.4, -0.2) is 22.0 Å². The van der Waals surface area contributed by atoms with E-state index in [4.69, 9.17) is 4.42 Å². The minimum atomic E-state index is -4.43. The van der Waals surface area contributed by atoms with Gasteiger partial charge in [0, 0.05) is 25.7 Å². The van der Waals surface area contributed by atoms with Gasteiger partial charge in [-0.1, -0.05) is 0 Å². The molecule has 1 amide bonds. The van der Waals surface area contributed by atoms with Gasteiger partial charge in [-0.2, -0.15) is 13.2 Å². The van der Waals surface area contributed by atoms with Crippen molar-refractivity contribution in [1.29, 1.82) is 0 Å².